The second kappa shape index (κ2) is 6.80. The number of ether oxygens (including phenoxy) is 1. The van der Waals surface area contributed by atoms with Crippen molar-refractivity contribution in [2.24, 2.45) is 0 Å². The van der Waals surface area contributed by atoms with Crippen LogP contribution >= 0.6 is 0 Å². The maximum Gasteiger partial charge on any atom is 0.342 e. The molecule has 0 fully saturated rings. The first kappa shape index (κ1) is 17.9. The maximum atomic E-state index is 12.3. The number of nitrogens with zero attached hydrogens (tertiary/aromatic N) is 1. The van der Waals surface area contributed by atoms with Crippen LogP contribution in [-0.4, -0.2) is 44.7 Å². The molecular weight excluding hydrogens is 358 g/mol. The number of aromatic hydroxyl groups is 1. The number of hydrogen-bond acceptors (Lipinski definition) is 6. The molecule has 3 rings (SSSR count). The number of Topliss-reactive ketones (excluding diaryl/α,β-unsaturated/α-hetero) is 1. The van der Waals surface area contributed by atoms with Crippen molar-refractivity contribution in [2.45, 2.75) is 6.42 Å². The number of phenolic OH excluding ortho intramolecular Hbond substituents is 1. The van der Waals surface area contributed by atoms with Gasteiger partial charge in [0, 0.05) is 12.1 Å². The van der Waals surface area contributed by atoms with E-state index in [1.165, 1.54) is 22.5 Å². The molecule has 1 aliphatic rings. The van der Waals surface area contributed by atoms with Crippen molar-refractivity contribution < 1.29 is 27.9 Å². The molecule has 0 saturated carbocycles. The Morgan fingerprint density at radius 1 is 1.19 bits per heavy atom. The first-order chi connectivity index (χ1) is 12.3. The van der Waals surface area contributed by atoms with Crippen LogP contribution in [0.4, 0.5) is 5.69 Å². The van der Waals surface area contributed by atoms with Gasteiger partial charge in [0.25, 0.3) is 0 Å². The van der Waals surface area contributed by atoms with Crippen LogP contribution in [0, 0.1) is 0 Å². The van der Waals surface area contributed by atoms with Crippen LogP contribution in [0.3, 0.4) is 0 Å². The Bertz CT molecular complexity index is 983. The van der Waals surface area contributed by atoms with Crippen LogP contribution in [-0.2, 0) is 21.2 Å². The van der Waals surface area contributed by atoms with Gasteiger partial charge in [0.1, 0.15) is 11.3 Å². The van der Waals surface area contributed by atoms with Crippen molar-refractivity contribution in [1.82, 2.24) is 0 Å². The average molecular weight is 375 g/mol. The number of rotatable bonds is 5. The van der Waals surface area contributed by atoms with E-state index in [2.05, 4.69) is 0 Å². The number of carbonyl (C=O) groups is 2. The lowest BCUT2D eigenvalue weighted by molar-refractivity contribution is 0.0472. The van der Waals surface area contributed by atoms with Gasteiger partial charge in [0.05, 0.1) is 11.9 Å². The van der Waals surface area contributed by atoms with E-state index in [4.69, 9.17) is 4.74 Å². The third-order valence-electron chi connectivity index (χ3n) is 4.11. The van der Waals surface area contributed by atoms with E-state index < -0.39 is 28.4 Å². The van der Waals surface area contributed by atoms with E-state index in [0.29, 0.717) is 24.2 Å². The largest absolute Gasteiger partial charge is 0.507 e. The maximum absolute atomic E-state index is 12.3. The van der Waals surface area contributed by atoms with Gasteiger partial charge in [-0.15, -0.1) is 0 Å². The molecule has 0 aromatic heterocycles. The number of ketones is 1. The number of phenols is 1. The zero-order valence-corrected chi connectivity index (χ0v) is 14.8. The Hall–Kier alpha value is -2.87. The molecule has 0 spiro atoms. The topological polar surface area (TPSA) is 101 Å². The highest BCUT2D eigenvalue weighted by Crippen LogP contribution is 2.30. The molecule has 0 radical (unpaired) electrons. The summed E-state index contributed by atoms with van der Waals surface area (Å²) in [5.74, 6) is -1.42. The normalized spacial score (nSPS) is 13.3. The van der Waals surface area contributed by atoms with Crippen LogP contribution in [0.15, 0.2) is 42.5 Å². The fourth-order valence-electron chi connectivity index (χ4n) is 2.83. The molecule has 1 N–H and O–H groups in total. The fraction of sp³-hybridized carbons (Fsp3) is 0.222. The molecule has 0 aliphatic carbocycles. The molecule has 8 heteroatoms. The van der Waals surface area contributed by atoms with Crippen molar-refractivity contribution in [2.75, 3.05) is 23.7 Å². The Morgan fingerprint density at radius 3 is 2.62 bits per heavy atom. The third-order valence-corrected chi connectivity index (χ3v) is 5.29. The van der Waals surface area contributed by atoms with Crippen LogP contribution in [0.2, 0.25) is 0 Å². The van der Waals surface area contributed by atoms with Crippen LogP contribution in [0.25, 0.3) is 0 Å². The molecule has 0 amide bonds. The number of carbonyl (C=O) groups excluding carboxylic acids is 2. The van der Waals surface area contributed by atoms with E-state index in [1.54, 1.807) is 24.3 Å². The highest BCUT2D eigenvalue weighted by Gasteiger charge is 2.27. The Balaban J connectivity index is 1.70. The van der Waals surface area contributed by atoms with Crippen molar-refractivity contribution in [3.8, 4) is 5.75 Å². The SMILES string of the molecule is CS(=O)(=O)N1CCc2cc(C(=O)COC(=O)c3ccccc3O)ccc21. The Labute approximate surface area is 150 Å². The lowest BCUT2D eigenvalue weighted by atomic mass is 10.1. The summed E-state index contributed by atoms with van der Waals surface area (Å²) in [6, 6.07) is 10.6. The second-order valence-electron chi connectivity index (χ2n) is 5.95. The van der Waals surface area contributed by atoms with Gasteiger partial charge in [-0.25, -0.2) is 13.2 Å². The standard InChI is InChI=1S/C18H17NO6S/c1-26(23,24)19-9-8-12-10-13(6-7-15(12)19)17(21)11-25-18(22)14-4-2-3-5-16(14)20/h2-7,10,20H,8-9,11H2,1H3. The van der Waals surface area contributed by atoms with E-state index in [9.17, 15) is 23.1 Å². The van der Waals surface area contributed by atoms with Crippen LogP contribution in [0.5, 0.6) is 5.75 Å². The van der Waals surface area contributed by atoms with Gasteiger partial charge in [0.15, 0.2) is 12.4 Å². The number of fused-ring (bicyclic) bond motifs is 1. The van der Waals surface area contributed by atoms with Crippen molar-refractivity contribution >= 4 is 27.5 Å². The van der Waals surface area contributed by atoms with E-state index in [-0.39, 0.29) is 11.3 Å². The van der Waals surface area contributed by atoms with Crippen LogP contribution in [0.1, 0.15) is 26.3 Å². The summed E-state index contributed by atoms with van der Waals surface area (Å²) < 4.78 is 29.7. The fourth-order valence-corrected chi connectivity index (χ4v) is 3.79. The minimum absolute atomic E-state index is 0.0157. The zero-order valence-electron chi connectivity index (χ0n) is 14.0. The van der Waals surface area contributed by atoms with Gasteiger partial charge in [0.2, 0.25) is 10.0 Å². The molecule has 1 aliphatic heterocycles. The molecule has 2 aromatic rings. The summed E-state index contributed by atoms with van der Waals surface area (Å²) in [6.45, 7) is -0.129. The predicted molar refractivity (Wildman–Crippen MR) is 95.1 cm³/mol. The van der Waals surface area contributed by atoms with Crippen molar-refractivity contribution in [3.05, 3.63) is 59.2 Å². The summed E-state index contributed by atoms with van der Waals surface area (Å²) in [7, 11) is -3.35. The molecule has 136 valence electrons. The minimum atomic E-state index is -3.35. The Kier molecular flexibility index (Phi) is 4.69. The van der Waals surface area contributed by atoms with E-state index in [1.807, 2.05) is 0 Å². The lowest BCUT2D eigenvalue weighted by Gasteiger charge is -2.16. The third kappa shape index (κ3) is 3.55. The Morgan fingerprint density at radius 2 is 1.92 bits per heavy atom. The number of benzene rings is 2. The quantitative estimate of drug-likeness (QED) is 0.631. The highest BCUT2D eigenvalue weighted by atomic mass is 32.2. The highest BCUT2D eigenvalue weighted by molar-refractivity contribution is 7.92. The van der Waals surface area contributed by atoms with Gasteiger partial charge >= 0.3 is 5.97 Å². The number of para-hydroxylation sites is 1. The first-order valence-electron chi connectivity index (χ1n) is 7.86. The van der Waals surface area contributed by atoms with Crippen molar-refractivity contribution in [3.63, 3.8) is 0 Å². The zero-order chi connectivity index (χ0) is 18.9. The number of hydrogen-bond donors (Lipinski definition) is 1. The predicted octanol–water partition coefficient (Wildman–Crippen LogP) is 1.75. The molecule has 1 heterocycles. The van der Waals surface area contributed by atoms with E-state index in [0.717, 1.165) is 11.8 Å². The molecule has 0 saturated heterocycles. The van der Waals surface area contributed by atoms with Crippen LogP contribution < -0.4 is 4.31 Å². The smallest absolute Gasteiger partial charge is 0.342 e. The molecule has 0 bridgehead atoms. The lowest BCUT2D eigenvalue weighted by Crippen LogP contribution is -2.27. The monoisotopic (exact) mass is 375 g/mol. The summed E-state index contributed by atoms with van der Waals surface area (Å²) in [4.78, 5) is 24.2. The molecule has 0 unspecified atom stereocenters. The molecule has 0 atom stereocenters. The number of esters is 1. The van der Waals surface area contributed by atoms with Gasteiger partial charge in [-0.05, 0) is 42.3 Å². The summed E-state index contributed by atoms with van der Waals surface area (Å²) in [5, 5.41) is 9.62. The number of anilines is 1. The van der Waals surface area contributed by atoms with Crippen molar-refractivity contribution in [1.29, 1.82) is 0 Å². The van der Waals surface area contributed by atoms with Gasteiger partial charge < -0.3 is 9.84 Å². The summed E-state index contributed by atoms with van der Waals surface area (Å²) in [6.07, 6.45) is 1.65. The molecule has 7 nitrogen and oxygen atoms in total. The first-order valence-corrected chi connectivity index (χ1v) is 9.71. The molecular formula is C18H17NO6S. The van der Waals surface area contributed by atoms with Gasteiger partial charge in [-0.1, -0.05) is 12.1 Å². The molecule has 26 heavy (non-hydrogen) atoms. The van der Waals surface area contributed by atoms with Gasteiger partial charge in [-0.3, -0.25) is 9.10 Å². The molecule has 2 aromatic carbocycles. The van der Waals surface area contributed by atoms with Gasteiger partial charge in [-0.2, -0.15) is 0 Å². The second-order valence-corrected chi connectivity index (χ2v) is 7.85. The summed E-state index contributed by atoms with van der Waals surface area (Å²) >= 11 is 0. The van der Waals surface area contributed by atoms with E-state index >= 15 is 0 Å². The number of sulfonamides is 1. The average Bonchev–Trinajstić information content (AvgIpc) is 3.03. The minimum Gasteiger partial charge on any atom is -0.507 e. The summed E-state index contributed by atoms with van der Waals surface area (Å²) in [5.41, 5.74) is 1.64.